The molecule has 0 heterocycles. The Morgan fingerprint density at radius 2 is 1.94 bits per heavy atom. The number of aliphatic hydroxyl groups is 2. The van der Waals surface area contributed by atoms with Gasteiger partial charge in [-0.1, -0.05) is 31.0 Å². The van der Waals surface area contributed by atoms with E-state index < -0.39 is 12.2 Å². The summed E-state index contributed by atoms with van der Waals surface area (Å²) in [7, 11) is 1.61. The number of aliphatic hydroxyl groups excluding tert-OH is 2. The fourth-order valence-corrected chi connectivity index (χ4v) is 1.92. The second kappa shape index (κ2) is 6.62. The van der Waals surface area contributed by atoms with Gasteiger partial charge in [0.1, 0.15) is 5.75 Å². The van der Waals surface area contributed by atoms with Crippen molar-refractivity contribution in [3.8, 4) is 5.75 Å². The van der Waals surface area contributed by atoms with Gasteiger partial charge in [-0.25, -0.2) is 0 Å². The molecule has 0 saturated carbocycles. The van der Waals surface area contributed by atoms with Gasteiger partial charge in [-0.3, -0.25) is 0 Å². The first-order chi connectivity index (χ1) is 8.08. The molecular formula is C14H22O3. The van der Waals surface area contributed by atoms with Crippen molar-refractivity contribution in [2.45, 2.75) is 45.3 Å². The fraction of sp³-hybridized carbons (Fsp3) is 0.571. The van der Waals surface area contributed by atoms with Crippen molar-refractivity contribution in [3.63, 3.8) is 0 Å². The molecular weight excluding hydrogens is 216 g/mol. The smallest absolute Gasteiger partial charge is 0.122 e. The summed E-state index contributed by atoms with van der Waals surface area (Å²) < 4.78 is 5.25. The molecule has 2 N–H and O–H groups in total. The summed E-state index contributed by atoms with van der Waals surface area (Å²) in [5, 5.41) is 19.6. The molecule has 0 saturated heterocycles. The minimum Gasteiger partial charge on any atom is -0.496 e. The lowest BCUT2D eigenvalue weighted by Crippen LogP contribution is -2.27. The summed E-state index contributed by atoms with van der Waals surface area (Å²) in [6.07, 6.45) is 0.515. The second-order valence-electron chi connectivity index (χ2n) is 4.44. The lowest BCUT2D eigenvalue weighted by atomic mass is 9.99. The van der Waals surface area contributed by atoms with Gasteiger partial charge in [-0.05, 0) is 25.0 Å². The summed E-state index contributed by atoms with van der Waals surface area (Å²) in [6.45, 7) is 3.99. The van der Waals surface area contributed by atoms with E-state index in [-0.39, 0.29) is 0 Å². The zero-order valence-electron chi connectivity index (χ0n) is 10.8. The lowest BCUT2D eigenvalue weighted by molar-refractivity contribution is 0.0145. The van der Waals surface area contributed by atoms with E-state index in [0.29, 0.717) is 12.8 Å². The highest BCUT2D eigenvalue weighted by Gasteiger charge is 2.17. The van der Waals surface area contributed by atoms with E-state index in [4.69, 9.17) is 4.74 Å². The molecule has 0 aliphatic rings. The van der Waals surface area contributed by atoms with E-state index in [9.17, 15) is 10.2 Å². The SMILES string of the molecule is CCCC(O)C(O)Cc1cc(C)ccc1OC. The highest BCUT2D eigenvalue weighted by molar-refractivity contribution is 5.37. The van der Waals surface area contributed by atoms with Crippen molar-refractivity contribution < 1.29 is 14.9 Å². The Labute approximate surface area is 103 Å². The molecule has 0 aromatic heterocycles. The van der Waals surface area contributed by atoms with Crippen LogP contribution in [0.3, 0.4) is 0 Å². The lowest BCUT2D eigenvalue weighted by Gasteiger charge is -2.18. The number of hydrogen-bond acceptors (Lipinski definition) is 3. The maximum absolute atomic E-state index is 9.91. The van der Waals surface area contributed by atoms with Crippen LogP contribution in [-0.4, -0.2) is 29.5 Å². The topological polar surface area (TPSA) is 49.7 Å². The molecule has 0 spiro atoms. The Morgan fingerprint density at radius 1 is 1.24 bits per heavy atom. The molecule has 2 atom stereocenters. The van der Waals surface area contributed by atoms with Crippen LogP contribution >= 0.6 is 0 Å². The van der Waals surface area contributed by atoms with E-state index in [1.807, 2.05) is 32.0 Å². The Morgan fingerprint density at radius 3 is 2.53 bits per heavy atom. The second-order valence-corrected chi connectivity index (χ2v) is 4.44. The van der Waals surface area contributed by atoms with Crippen LogP contribution in [0.15, 0.2) is 18.2 Å². The van der Waals surface area contributed by atoms with Crippen LogP contribution in [-0.2, 0) is 6.42 Å². The molecule has 17 heavy (non-hydrogen) atoms. The third-order valence-corrected chi connectivity index (χ3v) is 2.89. The number of ether oxygens (including phenoxy) is 1. The average Bonchev–Trinajstić information content (AvgIpc) is 2.29. The first-order valence-electron chi connectivity index (χ1n) is 6.08. The largest absolute Gasteiger partial charge is 0.496 e. The Kier molecular flexibility index (Phi) is 5.45. The summed E-state index contributed by atoms with van der Waals surface area (Å²) in [6, 6.07) is 5.85. The highest BCUT2D eigenvalue weighted by Crippen LogP contribution is 2.22. The third kappa shape index (κ3) is 4.02. The van der Waals surface area contributed by atoms with E-state index in [0.717, 1.165) is 23.3 Å². The maximum Gasteiger partial charge on any atom is 0.122 e. The van der Waals surface area contributed by atoms with Crippen LogP contribution in [0.1, 0.15) is 30.9 Å². The van der Waals surface area contributed by atoms with E-state index >= 15 is 0 Å². The summed E-state index contributed by atoms with van der Waals surface area (Å²) in [4.78, 5) is 0. The zero-order valence-corrected chi connectivity index (χ0v) is 10.8. The first kappa shape index (κ1) is 14.0. The molecule has 0 radical (unpaired) electrons. The van der Waals surface area contributed by atoms with Gasteiger partial charge >= 0.3 is 0 Å². The number of rotatable bonds is 6. The number of benzene rings is 1. The molecule has 96 valence electrons. The van der Waals surface area contributed by atoms with Gasteiger partial charge in [-0.2, -0.15) is 0 Å². The predicted molar refractivity (Wildman–Crippen MR) is 68.4 cm³/mol. The first-order valence-corrected chi connectivity index (χ1v) is 6.08. The fourth-order valence-electron chi connectivity index (χ4n) is 1.92. The Balaban J connectivity index is 2.76. The van der Waals surface area contributed by atoms with Crippen molar-refractivity contribution in [3.05, 3.63) is 29.3 Å². The van der Waals surface area contributed by atoms with E-state index in [1.165, 1.54) is 0 Å². The molecule has 1 aromatic carbocycles. The monoisotopic (exact) mass is 238 g/mol. The van der Waals surface area contributed by atoms with Crippen molar-refractivity contribution in [2.24, 2.45) is 0 Å². The average molecular weight is 238 g/mol. The van der Waals surface area contributed by atoms with Gasteiger partial charge < -0.3 is 14.9 Å². The quantitative estimate of drug-likeness (QED) is 0.797. The van der Waals surface area contributed by atoms with Gasteiger partial charge in [0.2, 0.25) is 0 Å². The molecule has 3 heteroatoms. The predicted octanol–water partition coefficient (Wildman–Crippen LogP) is 2.07. The van der Waals surface area contributed by atoms with Crippen LogP contribution in [0.5, 0.6) is 5.75 Å². The van der Waals surface area contributed by atoms with Gasteiger partial charge in [0.15, 0.2) is 0 Å². The zero-order chi connectivity index (χ0) is 12.8. The Bertz CT molecular complexity index is 349. The van der Waals surface area contributed by atoms with Crippen LogP contribution < -0.4 is 4.74 Å². The van der Waals surface area contributed by atoms with Crippen LogP contribution in [0.4, 0.5) is 0 Å². The molecule has 1 aromatic rings. The molecule has 2 unspecified atom stereocenters. The molecule has 0 amide bonds. The van der Waals surface area contributed by atoms with E-state index in [1.54, 1.807) is 7.11 Å². The minimum absolute atomic E-state index is 0.423. The normalized spacial score (nSPS) is 14.4. The van der Waals surface area contributed by atoms with Crippen molar-refractivity contribution >= 4 is 0 Å². The van der Waals surface area contributed by atoms with Crippen molar-refractivity contribution in [1.29, 1.82) is 0 Å². The summed E-state index contributed by atoms with van der Waals surface area (Å²) in [5.41, 5.74) is 2.06. The molecule has 0 aliphatic heterocycles. The van der Waals surface area contributed by atoms with Gasteiger partial charge in [-0.15, -0.1) is 0 Å². The van der Waals surface area contributed by atoms with Crippen LogP contribution in [0.25, 0.3) is 0 Å². The number of aryl methyl sites for hydroxylation is 1. The third-order valence-electron chi connectivity index (χ3n) is 2.89. The molecule has 0 aliphatic carbocycles. The van der Waals surface area contributed by atoms with Gasteiger partial charge in [0, 0.05) is 6.42 Å². The summed E-state index contributed by atoms with van der Waals surface area (Å²) in [5.74, 6) is 0.762. The Hall–Kier alpha value is -1.06. The summed E-state index contributed by atoms with van der Waals surface area (Å²) >= 11 is 0. The molecule has 1 rings (SSSR count). The van der Waals surface area contributed by atoms with Crippen LogP contribution in [0, 0.1) is 6.92 Å². The highest BCUT2D eigenvalue weighted by atomic mass is 16.5. The van der Waals surface area contributed by atoms with Crippen molar-refractivity contribution in [1.82, 2.24) is 0 Å². The van der Waals surface area contributed by atoms with Crippen molar-refractivity contribution in [2.75, 3.05) is 7.11 Å². The minimum atomic E-state index is -0.731. The maximum atomic E-state index is 9.91. The van der Waals surface area contributed by atoms with Crippen LogP contribution in [0.2, 0.25) is 0 Å². The molecule has 3 nitrogen and oxygen atoms in total. The standard InChI is InChI=1S/C14H22O3/c1-4-5-12(15)13(16)9-11-8-10(2)6-7-14(11)17-3/h6-8,12-13,15-16H,4-5,9H2,1-3H3. The molecule has 0 bridgehead atoms. The van der Waals surface area contributed by atoms with Gasteiger partial charge in [0.25, 0.3) is 0 Å². The number of hydrogen-bond donors (Lipinski definition) is 2. The van der Waals surface area contributed by atoms with Gasteiger partial charge in [0.05, 0.1) is 19.3 Å². The van der Waals surface area contributed by atoms with E-state index in [2.05, 4.69) is 0 Å². The molecule has 0 fully saturated rings. The number of methoxy groups -OCH3 is 1.